The average molecular weight is 405 g/mol. The first-order chi connectivity index (χ1) is 10.6. The van der Waals surface area contributed by atoms with E-state index in [0.29, 0.717) is 11.1 Å². The molecule has 6 heteroatoms. The number of fused-ring (bicyclic) bond motifs is 1. The minimum Gasteiger partial charge on any atom is -0.324 e. The van der Waals surface area contributed by atoms with Crippen molar-refractivity contribution in [3.63, 3.8) is 0 Å². The van der Waals surface area contributed by atoms with Gasteiger partial charge < -0.3 is 5.32 Å². The number of hydrogen-bond donors (Lipinski definition) is 1. The summed E-state index contributed by atoms with van der Waals surface area (Å²) in [7, 11) is 0. The van der Waals surface area contributed by atoms with E-state index in [2.05, 4.69) is 33.0 Å². The Kier molecular flexibility index (Phi) is 4.19. The van der Waals surface area contributed by atoms with Crippen LogP contribution in [0.4, 0.5) is 5.69 Å². The third kappa shape index (κ3) is 3.16. The van der Waals surface area contributed by atoms with Gasteiger partial charge in [-0.3, -0.25) is 9.59 Å². The van der Waals surface area contributed by atoms with Crippen LogP contribution in [-0.2, 0) is 11.3 Å². The first-order valence-corrected chi connectivity index (χ1v) is 7.71. The summed E-state index contributed by atoms with van der Waals surface area (Å²) in [5.74, 6) is -0.285. The molecule has 0 spiro atoms. The molecule has 3 aromatic rings. The summed E-state index contributed by atoms with van der Waals surface area (Å²) in [6.07, 6.45) is 1.59. The Morgan fingerprint density at radius 1 is 1.18 bits per heavy atom. The number of anilines is 1. The van der Waals surface area contributed by atoms with E-state index < -0.39 is 0 Å². The molecule has 0 bridgehead atoms. The van der Waals surface area contributed by atoms with Gasteiger partial charge in [-0.2, -0.15) is 5.10 Å². The Morgan fingerprint density at radius 3 is 2.82 bits per heavy atom. The lowest BCUT2D eigenvalue weighted by Gasteiger charge is -2.07. The van der Waals surface area contributed by atoms with E-state index in [0.717, 1.165) is 8.96 Å². The van der Waals surface area contributed by atoms with Crippen LogP contribution in [0.15, 0.2) is 59.5 Å². The summed E-state index contributed by atoms with van der Waals surface area (Å²) >= 11 is 2.17. The molecule has 0 atom stereocenters. The van der Waals surface area contributed by atoms with Gasteiger partial charge in [-0.05, 0) is 46.9 Å². The van der Waals surface area contributed by atoms with Gasteiger partial charge in [0.25, 0.3) is 5.56 Å². The summed E-state index contributed by atoms with van der Waals surface area (Å²) in [6.45, 7) is -0.116. The summed E-state index contributed by atoms with van der Waals surface area (Å²) in [5.41, 5.74) is 0.432. The normalized spacial score (nSPS) is 10.6. The lowest BCUT2D eigenvalue weighted by Crippen LogP contribution is -2.29. The van der Waals surface area contributed by atoms with Crippen LogP contribution in [-0.4, -0.2) is 15.7 Å². The van der Waals surface area contributed by atoms with Gasteiger partial charge in [-0.1, -0.05) is 24.3 Å². The SMILES string of the molecule is O=C(Cn1ncc2ccccc2c1=O)Nc1cccc(I)c1. The lowest BCUT2D eigenvalue weighted by atomic mass is 10.2. The number of halogens is 1. The van der Waals surface area contributed by atoms with Crippen LogP contribution >= 0.6 is 22.6 Å². The highest BCUT2D eigenvalue weighted by atomic mass is 127. The zero-order valence-corrected chi connectivity index (χ0v) is 13.6. The second-order valence-corrected chi connectivity index (χ2v) is 6.00. The molecular weight excluding hydrogens is 393 g/mol. The number of benzene rings is 2. The molecule has 110 valence electrons. The van der Waals surface area contributed by atoms with Gasteiger partial charge in [0.05, 0.1) is 11.6 Å². The van der Waals surface area contributed by atoms with Crippen LogP contribution in [0.1, 0.15) is 0 Å². The standard InChI is InChI=1S/C16H12IN3O2/c17-12-5-3-6-13(8-12)19-15(21)10-20-16(22)14-7-2-1-4-11(14)9-18-20/h1-9H,10H2,(H,19,21). The molecular formula is C16H12IN3O2. The van der Waals surface area contributed by atoms with Crippen molar-refractivity contribution in [2.75, 3.05) is 5.32 Å². The minimum absolute atomic E-state index is 0.116. The fraction of sp³-hybridized carbons (Fsp3) is 0.0625. The second-order valence-electron chi connectivity index (χ2n) is 4.75. The van der Waals surface area contributed by atoms with Gasteiger partial charge in [-0.25, -0.2) is 4.68 Å². The number of nitrogens with zero attached hydrogens (tertiary/aromatic N) is 2. The van der Waals surface area contributed by atoms with Crippen molar-refractivity contribution in [1.29, 1.82) is 0 Å². The molecule has 1 N–H and O–H groups in total. The van der Waals surface area contributed by atoms with Crippen molar-refractivity contribution in [1.82, 2.24) is 9.78 Å². The van der Waals surface area contributed by atoms with E-state index in [9.17, 15) is 9.59 Å². The molecule has 5 nitrogen and oxygen atoms in total. The molecule has 0 aliphatic rings. The molecule has 0 radical (unpaired) electrons. The monoisotopic (exact) mass is 405 g/mol. The van der Waals surface area contributed by atoms with Crippen molar-refractivity contribution in [3.8, 4) is 0 Å². The largest absolute Gasteiger partial charge is 0.324 e. The van der Waals surface area contributed by atoms with E-state index in [1.807, 2.05) is 30.3 Å². The first kappa shape index (κ1) is 14.7. The lowest BCUT2D eigenvalue weighted by molar-refractivity contribution is -0.117. The number of amides is 1. The maximum atomic E-state index is 12.3. The highest BCUT2D eigenvalue weighted by molar-refractivity contribution is 14.1. The minimum atomic E-state index is -0.285. The zero-order valence-electron chi connectivity index (χ0n) is 11.5. The van der Waals surface area contributed by atoms with Gasteiger partial charge in [-0.15, -0.1) is 0 Å². The molecule has 1 heterocycles. The van der Waals surface area contributed by atoms with Crippen LogP contribution in [0, 0.1) is 3.57 Å². The third-order valence-corrected chi connectivity index (χ3v) is 3.83. The Hall–Kier alpha value is -2.22. The Morgan fingerprint density at radius 2 is 2.00 bits per heavy atom. The van der Waals surface area contributed by atoms with Crippen LogP contribution in [0.3, 0.4) is 0 Å². The highest BCUT2D eigenvalue weighted by Crippen LogP contribution is 2.12. The van der Waals surface area contributed by atoms with Crippen molar-refractivity contribution in [2.45, 2.75) is 6.54 Å². The van der Waals surface area contributed by atoms with E-state index in [1.165, 1.54) is 4.68 Å². The molecule has 1 aromatic heterocycles. The number of rotatable bonds is 3. The quantitative estimate of drug-likeness (QED) is 0.682. The number of aromatic nitrogens is 2. The molecule has 0 aliphatic heterocycles. The number of hydrogen-bond acceptors (Lipinski definition) is 3. The fourth-order valence-electron chi connectivity index (χ4n) is 2.14. The Bertz CT molecular complexity index is 905. The number of carbonyl (C=O) groups excluding carboxylic acids is 1. The third-order valence-electron chi connectivity index (χ3n) is 3.16. The predicted octanol–water partition coefficient (Wildman–Crippen LogP) is 2.64. The summed E-state index contributed by atoms with van der Waals surface area (Å²) < 4.78 is 2.20. The molecule has 0 aliphatic carbocycles. The molecule has 0 saturated heterocycles. The van der Waals surface area contributed by atoms with Crippen molar-refractivity contribution >= 4 is 45.0 Å². The molecule has 22 heavy (non-hydrogen) atoms. The second kappa shape index (κ2) is 6.27. The summed E-state index contributed by atoms with van der Waals surface area (Å²) in [5, 5.41) is 8.13. The van der Waals surface area contributed by atoms with Crippen LogP contribution in [0.5, 0.6) is 0 Å². The summed E-state index contributed by atoms with van der Waals surface area (Å²) in [4.78, 5) is 24.4. The molecule has 3 rings (SSSR count). The average Bonchev–Trinajstić information content (AvgIpc) is 2.50. The van der Waals surface area contributed by atoms with Crippen LogP contribution < -0.4 is 10.9 Å². The van der Waals surface area contributed by atoms with Gasteiger partial charge in [0, 0.05) is 14.6 Å². The maximum Gasteiger partial charge on any atom is 0.275 e. The first-order valence-electron chi connectivity index (χ1n) is 6.64. The van der Waals surface area contributed by atoms with Crippen molar-refractivity contribution in [3.05, 3.63) is 68.7 Å². The topological polar surface area (TPSA) is 64.0 Å². The van der Waals surface area contributed by atoms with Gasteiger partial charge in [0.15, 0.2) is 0 Å². The van der Waals surface area contributed by atoms with Crippen molar-refractivity contribution in [2.24, 2.45) is 0 Å². The molecule has 0 fully saturated rings. The van der Waals surface area contributed by atoms with E-state index >= 15 is 0 Å². The highest BCUT2D eigenvalue weighted by Gasteiger charge is 2.08. The smallest absolute Gasteiger partial charge is 0.275 e. The predicted molar refractivity (Wildman–Crippen MR) is 93.8 cm³/mol. The van der Waals surface area contributed by atoms with Gasteiger partial charge >= 0.3 is 0 Å². The Balaban J connectivity index is 1.82. The Labute approximate surface area is 140 Å². The van der Waals surface area contributed by atoms with Gasteiger partial charge in [0.2, 0.25) is 5.91 Å². The van der Waals surface area contributed by atoms with E-state index in [4.69, 9.17) is 0 Å². The molecule has 1 amide bonds. The molecule has 2 aromatic carbocycles. The van der Waals surface area contributed by atoms with Crippen molar-refractivity contribution < 1.29 is 4.79 Å². The molecule has 0 unspecified atom stereocenters. The van der Waals surface area contributed by atoms with E-state index in [1.54, 1.807) is 24.4 Å². The van der Waals surface area contributed by atoms with E-state index in [-0.39, 0.29) is 18.0 Å². The summed E-state index contributed by atoms with van der Waals surface area (Å²) in [6, 6.07) is 14.6. The van der Waals surface area contributed by atoms with Crippen LogP contribution in [0.2, 0.25) is 0 Å². The fourth-order valence-corrected chi connectivity index (χ4v) is 2.69. The van der Waals surface area contributed by atoms with Gasteiger partial charge in [0.1, 0.15) is 6.54 Å². The number of carbonyl (C=O) groups is 1. The van der Waals surface area contributed by atoms with Crippen LogP contribution in [0.25, 0.3) is 10.8 Å². The zero-order chi connectivity index (χ0) is 15.5. The molecule has 0 saturated carbocycles. The number of nitrogens with one attached hydrogen (secondary N) is 1. The maximum absolute atomic E-state index is 12.3.